The van der Waals surface area contributed by atoms with Crippen molar-refractivity contribution in [1.29, 1.82) is 0 Å². The zero-order chi connectivity index (χ0) is 23.2. The van der Waals surface area contributed by atoms with Crippen molar-refractivity contribution in [1.82, 2.24) is 9.88 Å². The van der Waals surface area contributed by atoms with Crippen molar-refractivity contribution in [2.75, 3.05) is 5.32 Å². The fourth-order valence-electron chi connectivity index (χ4n) is 4.20. The van der Waals surface area contributed by atoms with Crippen LogP contribution >= 0.6 is 0 Å². The summed E-state index contributed by atoms with van der Waals surface area (Å²) in [7, 11) is 0. The molecule has 2 amide bonds. The number of benzene rings is 3. The lowest BCUT2D eigenvalue weighted by molar-refractivity contribution is -0.134. The minimum atomic E-state index is -0.144. The number of aromatic nitrogens is 1. The molecule has 1 unspecified atom stereocenters. The molecule has 0 saturated heterocycles. The van der Waals surface area contributed by atoms with Crippen LogP contribution in [-0.2, 0) is 22.6 Å². The number of aromatic amines is 1. The van der Waals surface area contributed by atoms with Crippen molar-refractivity contribution < 1.29 is 9.59 Å². The van der Waals surface area contributed by atoms with Gasteiger partial charge in [0.2, 0.25) is 11.8 Å². The number of carbonyl (C=O) groups is 2. The molecule has 0 spiro atoms. The van der Waals surface area contributed by atoms with E-state index in [-0.39, 0.29) is 17.9 Å². The maximum Gasteiger partial charge on any atom is 0.223 e. The third-order valence-corrected chi connectivity index (χ3v) is 5.96. The number of hydrogen-bond acceptors (Lipinski definition) is 2. The fraction of sp³-hybridized carbons (Fsp3) is 0.214. The average molecular weight is 440 g/mol. The highest BCUT2D eigenvalue weighted by atomic mass is 16.2. The molecule has 1 atom stereocenters. The summed E-state index contributed by atoms with van der Waals surface area (Å²) in [6.45, 7) is 4.06. The van der Waals surface area contributed by atoms with Gasteiger partial charge in [-0.2, -0.15) is 0 Å². The monoisotopic (exact) mass is 439 g/mol. The third kappa shape index (κ3) is 5.50. The Morgan fingerprint density at radius 3 is 2.52 bits per heavy atom. The molecule has 1 aromatic heterocycles. The van der Waals surface area contributed by atoms with Crippen LogP contribution in [0.2, 0.25) is 0 Å². The number of H-pyrrole nitrogens is 1. The molecule has 0 aliphatic carbocycles. The summed E-state index contributed by atoms with van der Waals surface area (Å²) in [5.41, 5.74) is 5.04. The van der Waals surface area contributed by atoms with Crippen molar-refractivity contribution in [2.24, 2.45) is 0 Å². The van der Waals surface area contributed by atoms with Gasteiger partial charge in [0, 0.05) is 42.7 Å². The lowest BCUT2D eigenvalue weighted by Gasteiger charge is -2.30. The zero-order valence-electron chi connectivity index (χ0n) is 19.0. The fourth-order valence-corrected chi connectivity index (χ4v) is 4.20. The lowest BCUT2D eigenvalue weighted by atomic mass is 10.0. The molecule has 1 heterocycles. The first-order chi connectivity index (χ1) is 16.0. The van der Waals surface area contributed by atoms with Gasteiger partial charge in [-0.25, -0.2) is 0 Å². The van der Waals surface area contributed by atoms with E-state index in [1.54, 1.807) is 0 Å². The Balaban J connectivity index is 1.56. The van der Waals surface area contributed by atoms with E-state index >= 15 is 0 Å². The highest BCUT2D eigenvalue weighted by Crippen LogP contribution is 2.27. The molecule has 2 N–H and O–H groups in total. The molecule has 0 radical (unpaired) electrons. The summed E-state index contributed by atoms with van der Waals surface area (Å²) < 4.78 is 0. The Labute approximate surface area is 194 Å². The summed E-state index contributed by atoms with van der Waals surface area (Å²) in [5, 5.41) is 4.00. The molecule has 5 nitrogen and oxygen atoms in total. The van der Waals surface area contributed by atoms with E-state index in [4.69, 9.17) is 0 Å². The molecular formula is C28H29N3O2. The predicted octanol–water partition coefficient (Wildman–Crippen LogP) is 5.85. The quantitative estimate of drug-likeness (QED) is 0.362. The molecule has 3 aromatic carbocycles. The van der Waals surface area contributed by atoms with E-state index in [0.29, 0.717) is 19.4 Å². The van der Waals surface area contributed by atoms with Crippen molar-refractivity contribution in [3.05, 3.63) is 102 Å². The first kappa shape index (κ1) is 22.3. The number of amides is 2. The summed E-state index contributed by atoms with van der Waals surface area (Å²) >= 11 is 0. The van der Waals surface area contributed by atoms with E-state index in [0.717, 1.165) is 33.3 Å². The van der Waals surface area contributed by atoms with Crippen LogP contribution in [0.4, 0.5) is 5.69 Å². The number of carbonyl (C=O) groups excluding carboxylic acids is 2. The number of para-hydroxylation sites is 1. The molecule has 0 bridgehead atoms. The van der Waals surface area contributed by atoms with Gasteiger partial charge in [-0.3, -0.25) is 9.59 Å². The second-order valence-corrected chi connectivity index (χ2v) is 8.35. The number of aryl methyl sites for hydroxylation is 1. The van der Waals surface area contributed by atoms with Gasteiger partial charge in [0.15, 0.2) is 0 Å². The first-order valence-corrected chi connectivity index (χ1v) is 11.3. The van der Waals surface area contributed by atoms with Crippen molar-refractivity contribution in [2.45, 2.75) is 39.3 Å². The summed E-state index contributed by atoms with van der Waals surface area (Å²) in [6, 6.07) is 25.8. The van der Waals surface area contributed by atoms with Crippen molar-refractivity contribution >= 4 is 28.4 Å². The first-order valence-electron chi connectivity index (χ1n) is 11.3. The summed E-state index contributed by atoms with van der Waals surface area (Å²) in [5.74, 6) is -0.0164. The van der Waals surface area contributed by atoms with Crippen LogP contribution in [0.3, 0.4) is 0 Å². The normalized spacial score (nSPS) is 11.8. The Morgan fingerprint density at radius 1 is 0.970 bits per heavy atom. The Morgan fingerprint density at radius 2 is 1.73 bits per heavy atom. The number of nitrogens with zero attached hydrogens (tertiary/aromatic N) is 1. The molecule has 0 fully saturated rings. The zero-order valence-corrected chi connectivity index (χ0v) is 19.0. The van der Waals surface area contributed by atoms with Crippen LogP contribution in [0.1, 0.15) is 43.0 Å². The summed E-state index contributed by atoms with van der Waals surface area (Å²) in [4.78, 5) is 30.2. The molecule has 33 heavy (non-hydrogen) atoms. The Kier molecular flexibility index (Phi) is 6.89. The molecule has 0 aliphatic heterocycles. The molecule has 0 saturated carbocycles. The minimum absolute atomic E-state index is 0.0987. The molecule has 168 valence electrons. The molecule has 4 rings (SSSR count). The van der Waals surface area contributed by atoms with Crippen LogP contribution in [0.25, 0.3) is 10.9 Å². The van der Waals surface area contributed by atoms with Gasteiger partial charge >= 0.3 is 0 Å². The minimum Gasteiger partial charge on any atom is -0.361 e. The largest absolute Gasteiger partial charge is 0.361 e. The second-order valence-electron chi connectivity index (χ2n) is 8.35. The maximum atomic E-state index is 13.5. The van der Waals surface area contributed by atoms with Gasteiger partial charge < -0.3 is 15.2 Å². The molecule has 4 aromatic rings. The van der Waals surface area contributed by atoms with E-state index in [9.17, 15) is 9.59 Å². The van der Waals surface area contributed by atoms with Gasteiger partial charge in [0.05, 0.1) is 6.04 Å². The molecule has 5 heteroatoms. The van der Waals surface area contributed by atoms with Gasteiger partial charge in [-0.1, -0.05) is 60.7 Å². The van der Waals surface area contributed by atoms with Crippen LogP contribution in [0.15, 0.2) is 85.1 Å². The van der Waals surface area contributed by atoms with Gasteiger partial charge in [0.1, 0.15) is 0 Å². The number of hydrogen-bond donors (Lipinski definition) is 2. The molecular weight excluding hydrogens is 410 g/mol. The average Bonchev–Trinajstić information content (AvgIpc) is 3.24. The SMILES string of the molecule is CC(=O)Nc1cccc(C(C)N(Cc2ccccc2)C(=O)CCc2c[nH]c3ccccc23)c1. The summed E-state index contributed by atoms with van der Waals surface area (Å²) in [6.07, 6.45) is 3.09. The van der Waals surface area contributed by atoms with E-state index in [2.05, 4.69) is 16.4 Å². The van der Waals surface area contributed by atoms with E-state index in [1.807, 2.05) is 90.8 Å². The van der Waals surface area contributed by atoms with Crippen molar-refractivity contribution in [3.63, 3.8) is 0 Å². The number of fused-ring (bicyclic) bond motifs is 1. The van der Waals surface area contributed by atoms with Crippen LogP contribution in [0.5, 0.6) is 0 Å². The van der Waals surface area contributed by atoms with Crippen LogP contribution in [-0.4, -0.2) is 21.7 Å². The van der Waals surface area contributed by atoms with Gasteiger partial charge in [0.25, 0.3) is 0 Å². The standard InChI is InChI=1S/C28H29N3O2/c1-20(23-11-8-12-25(17-23)30-21(2)32)31(19-22-9-4-3-5-10-22)28(33)16-15-24-18-29-27-14-7-6-13-26(24)27/h3-14,17-18,20,29H,15-16,19H2,1-2H3,(H,30,32). The number of anilines is 1. The number of rotatable bonds is 8. The highest BCUT2D eigenvalue weighted by Gasteiger charge is 2.22. The van der Waals surface area contributed by atoms with Crippen molar-refractivity contribution in [3.8, 4) is 0 Å². The highest BCUT2D eigenvalue weighted by molar-refractivity contribution is 5.88. The van der Waals surface area contributed by atoms with E-state index in [1.165, 1.54) is 6.92 Å². The third-order valence-electron chi connectivity index (χ3n) is 5.96. The number of nitrogens with one attached hydrogen (secondary N) is 2. The Bertz CT molecular complexity index is 1250. The van der Waals surface area contributed by atoms with E-state index < -0.39 is 0 Å². The van der Waals surface area contributed by atoms with Crippen LogP contribution < -0.4 is 5.32 Å². The Hall–Kier alpha value is -3.86. The molecule has 0 aliphatic rings. The lowest BCUT2D eigenvalue weighted by Crippen LogP contribution is -2.33. The predicted molar refractivity (Wildman–Crippen MR) is 133 cm³/mol. The smallest absolute Gasteiger partial charge is 0.223 e. The maximum absolute atomic E-state index is 13.5. The van der Waals surface area contributed by atoms with Crippen LogP contribution in [0, 0.1) is 0 Å². The van der Waals surface area contributed by atoms with Gasteiger partial charge in [-0.15, -0.1) is 0 Å². The van der Waals surface area contributed by atoms with Gasteiger partial charge in [-0.05, 0) is 48.2 Å². The topological polar surface area (TPSA) is 65.2 Å². The second kappa shape index (κ2) is 10.2.